The number of carbonyl (C=O) groups is 2. The average Bonchev–Trinajstić information content (AvgIpc) is 3.21. The Morgan fingerprint density at radius 3 is 2.59 bits per heavy atom. The molecule has 2 heterocycles. The molecular weight excluding hydrogens is 362 g/mol. The van der Waals surface area contributed by atoms with Crippen molar-refractivity contribution in [1.29, 1.82) is 0 Å². The summed E-state index contributed by atoms with van der Waals surface area (Å²) in [5.41, 5.74) is 4.35. The lowest BCUT2D eigenvalue weighted by molar-refractivity contribution is 0.0796. The van der Waals surface area contributed by atoms with Gasteiger partial charge in [-0.25, -0.2) is 0 Å². The molecule has 2 aromatic carbocycles. The molecule has 1 aliphatic heterocycles. The van der Waals surface area contributed by atoms with Crippen LogP contribution in [0.25, 0.3) is 0 Å². The number of hydrogen-bond acceptors (Lipinski definition) is 3. The molecule has 4 rings (SSSR count). The SMILES string of the molecule is CN(CCc1ccncc1)C(=O)c1cccc(C(=O)N2CCc3ccccc32)c1. The van der Waals surface area contributed by atoms with Gasteiger partial charge in [0.1, 0.15) is 0 Å². The Morgan fingerprint density at radius 1 is 1.00 bits per heavy atom. The molecule has 0 N–H and O–H groups in total. The van der Waals surface area contributed by atoms with Gasteiger partial charge in [-0.15, -0.1) is 0 Å². The molecule has 0 saturated heterocycles. The van der Waals surface area contributed by atoms with Gasteiger partial charge >= 0.3 is 0 Å². The van der Waals surface area contributed by atoms with E-state index in [0.717, 1.165) is 24.1 Å². The predicted molar refractivity (Wildman–Crippen MR) is 113 cm³/mol. The largest absolute Gasteiger partial charge is 0.341 e. The maximum Gasteiger partial charge on any atom is 0.258 e. The van der Waals surface area contributed by atoms with Crippen LogP contribution in [0.1, 0.15) is 31.8 Å². The van der Waals surface area contributed by atoms with E-state index in [1.165, 1.54) is 5.56 Å². The van der Waals surface area contributed by atoms with Crippen molar-refractivity contribution in [2.75, 3.05) is 25.0 Å². The van der Waals surface area contributed by atoms with Crippen LogP contribution in [0.5, 0.6) is 0 Å². The third-order valence-corrected chi connectivity index (χ3v) is 5.32. The fraction of sp³-hybridized carbons (Fsp3) is 0.208. The van der Waals surface area contributed by atoms with E-state index in [-0.39, 0.29) is 11.8 Å². The number of amides is 2. The zero-order valence-corrected chi connectivity index (χ0v) is 16.4. The zero-order chi connectivity index (χ0) is 20.2. The third kappa shape index (κ3) is 4.04. The van der Waals surface area contributed by atoms with E-state index in [1.54, 1.807) is 53.5 Å². The van der Waals surface area contributed by atoms with Crippen molar-refractivity contribution < 1.29 is 9.59 Å². The number of hydrogen-bond donors (Lipinski definition) is 0. The summed E-state index contributed by atoms with van der Waals surface area (Å²) < 4.78 is 0. The molecule has 146 valence electrons. The molecule has 0 bridgehead atoms. The van der Waals surface area contributed by atoms with Crippen molar-refractivity contribution in [1.82, 2.24) is 9.88 Å². The van der Waals surface area contributed by atoms with Gasteiger partial charge in [-0.3, -0.25) is 14.6 Å². The Balaban J connectivity index is 1.47. The van der Waals surface area contributed by atoms with Gasteiger partial charge in [-0.05, 0) is 60.4 Å². The van der Waals surface area contributed by atoms with E-state index in [4.69, 9.17) is 0 Å². The number of para-hydroxylation sites is 1. The Kier molecular flexibility index (Phi) is 5.38. The number of likely N-dealkylation sites (N-methyl/N-ethyl adjacent to an activating group) is 1. The summed E-state index contributed by atoms with van der Waals surface area (Å²) in [4.78, 5) is 33.4. The molecule has 5 heteroatoms. The number of benzene rings is 2. The second-order valence-corrected chi connectivity index (χ2v) is 7.25. The van der Waals surface area contributed by atoms with Crippen LogP contribution in [-0.4, -0.2) is 41.8 Å². The normalized spacial score (nSPS) is 12.5. The van der Waals surface area contributed by atoms with Crippen molar-refractivity contribution in [2.45, 2.75) is 12.8 Å². The molecule has 0 saturated carbocycles. The number of pyridine rings is 1. The van der Waals surface area contributed by atoms with Gasteiger partial charge in [-0.2, -0.15) is 0 Å². The lowest BCUT2D eigenvalue weighted by Gasteiger charge is -2.19. The number of anilines is 1. The van der Waals surface area contributed by atoms with Crippen LogP contribution in [0.15, 0.2) is 73.1 Å². The number of rotatable bonds is 5. The number of carbonyl (C=O) groups excluding carboxylic acids is 2. The highest BCUT2D eigenvalue weighted by molar-refractivity contribution is 6.08. The van der Waals surface area contributed by atoms with Crippen molar-refractivity contribution in [2.24, 2.45) is 0 Å². The number of aromatic nitrogens is 1. The smallest absolute Gasteiger partial charge is 0.258 e. The van der Waals surface area contributed by atoms with Crippen LogP contribution in [0.4, 0.5) is 5.69 Å². The summed E-state index contributed by atoms with van der Waals surface area (Å²) in [6.45, 7) is 1.27. The van der Waals surface area contributed by atoms with Gasteiger partial charge in [0.25, 0.3) is 11.8 Å². The van der Waals surface area contributed by atoms with Crippen LogP contribution in [-0.2, 0) is 12.8 Å². The zero-order valence-electron chi connectivity index (χ0n) is 16.4. The summed E-state index contributed by atoms with van der Waals surface area (Å²) in [5.74, 6) is -0.153. The van der Waals surface area contributed by atoms with E-state index >= 15 is 0 Å². The van der Waals surface area contributed by atoms with Gasteiger partial charge in [0.15, 0.2) is 0 Å². The van der Waals surface area contributed by atoms with Crippen LogP contribution >= 0.6 is 0 Å². The number of nitrogens with zero attached hydrogens (tertiary/aromatic N) is 3. The molecule has 0 atom stereocenters. The van der Waals surface area contributed by atoms with E-state index in [0.29, 0.717) is 24.2 Å². The van der Waals surface area contributed by atoms with Crippen molar-refractivity contribution in [3.63, 3.8) is 0 Å². The van der Waals surface area contributed by atoms with Gasteiger partial charge in [0, 0.05) is 49.3 Å². The van der Waals surface area contributed by atoms with Crippen molar-refractivity contribution in [3.8, 4) is 0 Å². The van der Waals surface area contributed by atoms with E-state index < -0.39 is 0 Å². The molecule has 0 fully saturated rings. The summed E-state index contributed by atoms with van der Waals surface area (Å²) >= 11 is 0. The molecule has 0 unspecified atom stereocenters. The maximum absolute atomic E-state index is 13.1. The quantitative estimate of drug-likeness (QED) is 0.674. The minimum Gasteiger partial charge on any atom is -0.341 e. The molecule has 0 radical (unpaired) electrons. The second kappa shape index (κ2) is 8.27. The van der Waals surface area contributed by atoms with Crippen molar-refractivity contribution >= 4 is 17.5 Å². The van der Waals surface area contributed by atoms with Gasteiger partial charge in [0.2, 0.25) is 0 Å². The summed E-state index contributed by atoms with van der Waals surface area (Å²) in [6.07, 6.45) is 5.12. The lowest BCUT2D eigenvalue weighted by atomic mass is 10.1. The molecule has 3 aromatic rings. The first-order valence-electron chi connectivity index (χ1n) is 9.77. The summed E-state index contributed by atoms with van der Waals surface area (Å²) in [6, 6.07) is 18.9. The molecule has 2 amide bonds. The van der Waals surface area contributed by atoms with Crippen LogP contribution < -0.4 is 4.90 Å². The Bertz CT molecular complexity index is 1030. The van der Waals surface area contributed by atoms with Crippen molar-refractivity contribution in [3.05, 3.63) is 95.3 Å². The van der Waals surface area contributed by atoms with Crippen LogP contribution in [0, 0.1) is 0 Å². The Morgan fingerprint density at radius 2 is 1.76 bits per heavy atom. The third-order valence-electron chi connectivity index (χ3n) is 5.32. The molecule has 0 aliphatic carbocycles. The van der Waals surface area contributed by atoms with E-state index in [9.17, 15) is 9.59 Å². The molecule has 1 aromatic heterocycles. The lowest BCUT2D eigenvalue weighted by Crippen LogP contribution is -2.30. The first-order valence-corrected chi connectivity index (χ1v) is 9.77. The Labute approximate surface area is 170 Å². The van der Waals surface area contributed by atoms with E-state index in [2.05, 4.69) is 11.1 Å². The monoisotopic (exact) mass is 385 g/mol. The average molecular weight is 385 g/mol. The van der Waals surface area contributed by atoms with Gasteiger partial charge in [-0.1, -0.05) is 24.3 Å². The van der Waals surface area contributed by atoms with Crippen LogP contribution in [0.3, 0.4) is 0 Å². The summed E-state index contributed by atoms with van der Waals surface area (Å²) in [5, 5.41) is 0. The molecule has 0 spiro atoms. The minimum atomic E-state index is -0.0875. The van der Waals surface area contributed by atoms with Gasteiger partial charge < -0.3 is 9.80 Å². The predicted octanol–water partition coefficient (Wildman–Crippen LogP) is 3.60. The highest BCUT2D eigenvalue weighted by atomic mass is 16.2. The molecule has 1 aliphatic rings. The highest BCUT2D eigenvalue weighted by Gasteiger charge is 2.25. The molecule has 29 heavy (non-hydrogen) atoms. The highest BCUT2D eigenvalue weighted by Crippen LogP contribution is 2.29. The second-order valence-electron chi connectivity index (χ2n) is 7.25. The fourth-order valence-corrected chi connectivity index (χ4v) is 3.66. The first-order chi connectivity index (χ1) is 14.1. The summed E-state index contributed by atoms with van der Waals surface area (Å²) in [7, 11) is 1.79. The molecule has 5 nitrogen and oxygen atoms in total. The van der Waals surface area contributed by atoms with Crippen LogP contribution in [0.2, 0.25) is 0 Å². The standard InChI is InChI=1S/C24H23N3O2/c1-26(15-11-18-9-13-25-14-10-18)23(28)20-6-4-7-21(17-20)24(29)27-16-12-19-5-2-3-8-22(19)27/h2-10,13-14,17H,11-12,15-16H2,1H3. The number of fused-ring (bicyclic) bond motifs is 1. The topological polar surface area (TPSA) is 53.5 Å². The molecular formula is C24H23N3O2. The minimum absolute atomic E-state index is 0.0657. The maximum atomic E-state index is 13.1. The van der Waals surface area contributed by atoms with E-state index in [1.807, 2.05) is 30.3 Å². The first kappa shape index (κ1) is 18.9. The Hall–Kier alpha value is -3.47. The fourth-order valence-electron chi connectivity index (χ4n) is 3.66. The van der Waals surface area contributed by atoms with Gasteiger partial charge in [0.05, 0.1) is 0 Å².